The molecular weight excluding hydrogens is 299 g/mol. The van der Waals surface area contributed by atoms with Crippen molar-refractivity contribution < 1.29 is 0 Å². The van der Waals surface area contributed by atoms with Crippen LogP contribution in [0.25, 0.3) is 11.3 Å². The van der Waals surface area contributed by atoms with Gasteiger partial charge in [0.2, 0.25) is 0 Å². The fourth-order valence-electron chi connectivity index (χ4n) is 1.86. The molecule has 0 spiro atoms. The number of thiophene rings is 1. The first kappa shape index (κ1) is 12.7. The van der Waals surface area contributed by atoms with Crippen molar-refractivity contribution in [1.82, 2.24) is 9.97 Å². The largest absolute Gasteiger partial charge is 0.342 e. The Balaban J connectivity index is 1.82. The molecule has 0 bridgehead atoms. The third-order valence-electron chi connectivity index (χ3n) is 2.82. The molecule has 3 aromatic rings. The highest BCUT2D eigenvalue weighted by Crippen LogP contribution is 2.24. The van der Waals surface area contributed by atoms with E-state index in [9.17, 15) is 0 Å². The van der Waals surface area contributed by atoms with Crippen LogP contribution in [0, 0.1) is 0 Å². The Morgan fingerprint density at radius 3 is 2.79 bits per heavy atom. The van der Waals surface area contributed by atoms with E-state index in [1.807, 2.05) is 24.4 Å². The third-order valence-corrected chi connectivity index (χ3v) is 4.24. The molecule has 0 unspecified atom stereocenters. The van der Waals surface area contributed by atoms with Crippen LogP contribution in [0.5, 0.6) is 0 Å². The van der Waals surface area contributed by atoms with Crippen LogP contribution < -0.4 is 0 Å². The number of hydrogen-bond donors (Lipinski definition) is 1. The summed E-state index contributed by atoms with van der Waals surface area (Å²) in [6.45, 7) is 0. The normalized spacial score (nSPS) is 10.8. The zero-order chi connectivity index (χ0) is 13.2. The van der Waals surface area contributed by atoms with E-state index >= 15 is 0 Å². The SMILES string of the molecule is Clc1ccc(Cc2ncc(-c3ccsc3)[nH]2)cc1Cl. The Morgan fingerprint density at radius 2 is 2.05 bits per heavy atom. The summed E-state index contributed by atoms with van der Waals surface area (Å²) in [5, 5.41) is 5.29. The van der Waals surface area contributed by atoms with Gasteiger partial charge in [-0.1, -0.05) is 29.3 Å². The second kappa shape index (κ2) is 5.37. The van der Waals surface area contributed by atoms with E-state index in [1.165, 1.54) is 0 Å². The number of benzene rings is 1. The third kappa shape index (κ3) is 2.84. The zero-order valence-electron chi connectivity index (χ0n) is 9.86. The summed E-state index contributed by atoms with van der Waals surface area (Å²) >= 11 is 13.6. The highest BCUT2D eigenvalue weighted by atomic mass is 35.5. The van der Waals surface area contributed by atoms with Crippen molar-refractivity contribution in [3.63, 3.8) is 0 Å². The molecule has 5 heteroatoms. The molecule has 0 radical (unpaired) electrons. The van der Waals surface area contributed by atoms with Crippen LogP contribution in [0.4, 0.5) is 0 Å². The van der Waals surface area contributed by atoms with Gasteiger partial charge in [0.05, 0.1) is 21.9 Å². The maximum Gasteiger partial charge on any atom is 0.110 e. The second-order valence-corrected chi connectivity index (χ2v) is 5.78. The fourth-order valence-corrected chi connectivity index (χ4v) is 2.84. The Morgan fingerprint density at radius 1 is 1.16 bits per heavy atom. The molecule has 0 aliphatic heterocycles. The first-order chi connectivity index (χ1) is 9.22. The van der Waals surface area contributed by atoms with E-state index in [0.717, 1.165) is 22.6 Å². The number of nitrogens with one attached hydrogen (secondary N) is 1. The molecule has 0 saturated carbocycles. The molecule has 96 valence electrons. The molecule has 0 aliphatic rings. The van der Waals surface area contributed by atoms with Gasteiger partial charge in [-0.15, -0.1) is 0 Å². The molecule has 2 aromatic heterocycles. The summed E-state index contributed by atoms with van der Waals surface area (Å²) in [6.07, 6.45) is 2.57. The Labute approximate surface area is 125 Å². The maximum absolute atomic E-state index is 6.01. The van der Waals surface area contributed by atoms with E-state index in [2.05, 4.69) is 26.8 Å². The van der Waals surface area contributed by atoms with Crippen molar-refractivity contribution >= 4 is 34.5 Å². The first-order valence-electron chi connectivity index (χ1n) is 5.73. The molecule has 2 heterocycles. The van der Waals surface area contributed by atoms with Gasteiger partial charge in [-0.2, -0.15) is 11.3 Å². The molecule has 1 aromatic carbocycles. The van der Waals surface area contributed by atoms with Gasteiger partial charge < -0.3 is 4.98 Å². The summed E-state index contributed by atoms with van der Waals surface area (Å²) < 4.78 is 0. The molecule has 0 saturated heterocycles. The molecule has 0 fully saturated rings. The molecule has 1 N–H and O–H groups in total. The molecule has 2 nitrogen and oxygen atoms in total. The maximum atomic E-state index is 6.01. The highest BCUT2D eigenvalue weighted by molar-refractivity contribution is 7.08. The zero-order valence-corrected chi connectivity index (χ0v) is 12.2. The van der Waals surface area contributed by atoms with Gasteiger partial charge in [0, 0.05) is 17.4 Å². The smallest absolute Gasteiger partial charge is 0.110 e. The predicted octanol–water partition coefficient (Wildman–Crippen LogP) is 5.04. The molecule has 0 aliphatic carbocycles. The van der Waals surface area contributed by atoms with Gasteiger partial charge in [0.25, 0.3) is 0 Å². The van der Waals surface area contributed by atoms with Crippen LogP contribution in [-0.4, -0.2) is 9.97 Å². The number of aromatic nitrogens is 2. The van der Waals surface area contributed by atoms with Gasteiger partial charge in [-0.25, -0.2) is 4.98 Å². The predicted molar refractivity (Wildman–Crippen MR) is 81.2 cm³/mol. The van der Waals surface area contributed by atoms with Crippen molar-refractivity contribution in [1.29, 1.82) is 0 Å². The van der Waals surface area contributed by atoms with Crippen LogP contribution in [0.3, 0.4) is 0 Å². The summed E-state index contributed by atoms with van der Waals surface area (Å²) in [6, 6.07) is 7.71. The average Bonchev–Trinajstić information content (AvgIpc) is 3.04. The summed E-state index contributed by atoms with van der Waals surface area (Å²) in [5.74, 6) is 0.916. The highest BCUT2D eigenvalue weighted by Gasteiger charge is 2.06. The minimum absolute atomic E-state index is 0.573. The minimum Gasteiger partial charge on any atom is -0.342 e. The monoisotopic (exact) mass is 308 g/mol. The van der Waals surface area contributed by atoms with Gasteiger partial charge in [0.15, 0.2) is 0 Å². The van der Waals surface area contributed by atoms with Crippen molar-refractivity contribution in [2.45, 2.75) is 6.42 Å². The molecular formula is C14H10Cl2N2S. The fraction of sp³-hybridized carbons (Fsp3) is 0.0714. The number of rotatable bonds is 3. The Bertz CT molecular complexity index is 689. The lowest BCUT2D eigenvalue weighted by molar-refractivity contribution is 1.03. The summed E-state index contributed by atoms with van der Waals surface area (Å²) in [4.78, 5) is 7.71. The van der Waals surface area contributed by atoms with Crippen molar-refractivity contribution in [3.8, 4) is 11.3 Å². The Kier molecular flexibility index (Phi) is 3.60. The quantitative estimate of drug-likeness (QED) is 0.721. The number of hydrogen-bond acceptors (Lipinski definition) is 2. The molecule has 19 heavy (non-hydrogen) atoms. The average molecular weight is 309 g/mol. The van der Waals surface area contributed by atoms with E-state index in [1.54, 1.807) is 11.3 Å². The minimum atomic E-state index is 0.573. The van der Waals surface area contributed by atoms with E-state index in [0.29, 0.717) is 16.5 Å². The lowest BCUT2D eigenvalue weighted by Gasteiger charge is -2.01. The number of H-pyrrole nitrogens is 1. The summed E-state index contributed by atoms with van der Waals surface area (Å²) in [5.41, 5.74) is 3.29. The van der Waals surface area contributed by atoms with Gasteiger partial charge in [-0.05, 0) is 29.1 Å². The standard InChI is InChI=1S/C14H10Cl2N2S/c15-11-2-1-9(5-12(11)16)6-14-17-7-13(18-14)10-3-4-19-8-10/h1-5,7-8H,6H2,(H,17,18). The van der Waals surface area contributed by atoms with E-state index < -0.39 is 0 Å². The topological polar surface area (TPSA) is 28.7 Å². The van der Waals surface area contributed by atoms with Crippen LogP contribution >= 0.6 is 34.5 Å². The van der Waals surface area contributed by atoms with Gasteiger partial charge in [-0.3, -0.25) is 0 Å². The lowest BCUT2D eigenvalue weighted by Crippen LogP contribution is -1.90. The van der Waals surface area contributed by atoms with Crippen LogP contribution in [0.1, 0.15) is 11.4 Å². The van der Waals surface area contributed by atoms with Crippen molar-refractivity contribution in [3.05, 3.63) is 62.7 Å². The Hall–Kier alpha value is -1.29. The molecule has 3 rings (SSSR count). The van der Waals surface area contributed by atoms with Crippen LogP contribution in [-0.2, 0) is 6.42 Å². The number of halogens is 2. The van der Waals surface area contributed by atoms with Gasteiger partial charge in [0.1, 0.15) is 5.82 Å². The molecule has 0 atom stereocenters. The second-order valence-electron chi connectivity index (χ2n) is 4.18. The van der Waals surface area contributed by atoms with E-state index in [4.69, 9.17) is 23.2 Å². The number of imidazole rings is 1. The number of aromatic amines is 1. The first-order valence-corrected chi connectivity index (χ1v) is 7.42. The van der Waals surface area contributed by atoms with Crippen LogP contribution in [0.15, 0.2) is 41.2 Å². The van der Waals surface area contributed by atoms with Gasteiger partial charge >= 0.3 is 0 Å². The summed E-state index contributed by atoms with van der Waals surface area (Å²) in [7, 11) is 0. The van der Waals surface area contributed by atoms with Crippen LogP contribution in [0.2, 0.25) is 10.0 Å². The number of nitrogens with zero attached hydrogens (tertiary/aromatic N) is 1. The lowest BCUT2D eigenvalue weighted by atomic mass is 10.1. The van der Waals surface area contributed by atoms with Crippen molar-refractivity contribution in [2.24, 2.45) is 0 Å². The van der Waals surface area contributed by atoms with Crippen molar-refractivity contribution in [2.75, 3.05) is 0 Å². The molecule has 0 amide bonds. The van der Waals surface area contributed by atoms with E-state index in [-0.39, 0.29) is 0 Å².